The number of rotatable bonds is 5. The lowest BCUT2D eigenvalue weighted by molar-refractivity contribution is -0.131. The number of benzene rings is 1. The molecule has 0 aliphatic heterocycles. The SMILES string of the molecule is Cc1cc2c(cc(C(=O)O[C@@H](C(=O)NC3CCCCC3)c3ccccc3F)n2C)s1. The lowest BCUT2D eigenvalue weighted by Gasteiger charge is -2.26. The number of hydrogen-bond donors (Lipinski definition) is 1. The van der Waals surface area contributed by atoms with Crippen LogP contribution in [0.3, 0.4) is 0 Å². The molecule has 1 aliphatic rings. The molecule has 1 fully saturated rings. The summed E-state index contributed by atoms with van der Waals surface area (Å²) in [6.07, 6.45) is 3.69. The Bertz CT molecular complexity index is 1080. The Kier molecular flexibility index (Phi) is 5.90. The predicted molar refractivity (Wildman–Crippen MR) is 115 cm³/mol. The number of aromatic nitrogens is 1. The second kappa shape index (κ2) is 8.60. The highest BCUT2D eigenvalue weighted by Gasteiger charge is 2.31. The number of thiophene rings is 1. The maximum absolute atomic E-state index is 14.5. The third kappa shape index (κ3) is 4.12. The average molecular weight is 429 g/mol. The van der Waals surface area contributed by atoms with Crippen LogP contribution in [0.2, 0.25) is 0 Å². The summed E-state index contributed by atoms with van der Waals surface area (Å²) in [6, 6.07) is 9.72. The first-order chi connectivity index (χ1) is 14.4. The topological polar surface area (TPSA) is 60.3 Å². The second-order valence-corrected chi connectivity index (χ2v) is 9.13. The molecule has 30 heavy (non-hydrogen) atoms. The fraction of sp³-hybridized carbons (Fsp3) is 0.391. The number of amides is 1. The van der Waals surface area contributed by atoms with Crippen molar-refractivity contribution in [2.75, 3.05) is 0 Å². The van der Waals surface area contributed by atoms with E-state index in [0.29, 0.717) is 5.69 Å². The third-order valence-corrected chi connectivity index (χ3v) is 6.65. The van der Waals surface area contributed by atoms with Crippen LogP contribution in [0, 0.1) is 12.7 Å². The normalized spacial score (nSPS) is 15.8. The van der Waals surface area contributed by atoms with Crippen LogP contribution in [0.4, 0.5) is 4.39 Å². The highest BCUT2D eigenvalue weighted by molar-refractivity contribution is 7.19. The molecular formula is C23H25FN2O3S. The minimum atomic E-state index is -1.34. The summed E-state index contributed by atoms with van der Waals surface area (Å²) in [6.45, 7) is 2.01. The Labute approximate surface area is 178 Å². The summed E-state index contributed by atoms with van der Waals surface area (Å²) in [7, 11) is 1.78. The number of aryl methyl sites for hydroxylation is 2. The molecule has 2 heterocycles. The Hall–Kier alpha value is -2.67. The molecule has 7 heteroatoms. The Morgan fingerprint density at radius 3 is 2.63 bits per heavy atom. The molecule has 0 spiro atoms. The molecule has 2 aromatic heterocycles. The van der Waals surface area contributed by atoms with Gasteiger partial charge in [-0.15, -0.1) is 11.3 Å². The van der Waals surface area contributed by atoms with Gasteiger partial charge in [-0.1, -0.05) is 37.5 Å². The molecule has 0 bridgehead atoms. The maximum Gasteiger partial charge on any atom is 0.356 e. The van der Waals surface area contributed by atoms with Gasteiger partial charge < -0.3 is 14.6 Å². The van der Waals surface area contributed by atoms with Crippen LogP contribution in [-0.4, -0.2) is 22.5 Å². The van der Waals surface area contributed by atoms with Gasteiger partial charge in [0.15, 0.2) is 0 Å². The van der Waals surface area contributed by atoms with E-state index < -0.39 is 23.8 Å². The fourth-order valence-corrected chi connectivity index (χ4v) is 5.06. The van der Waals surface area contributed by atoms with Crippen molar-refractivity contribution in [2.24, 2.45) is 7.05 Å². The second-order valence-electron chi connectivity index (χ2n) is 7.85. The van der Waals surface area contributed by atoms with Crippen LogP contribution in [0.1, 0.15) is 59.1 Å². The number of nitrogens with one attached hydrogen (secondary N) is 1. The van der Waals surface area contributed by atoms with E-state index in [2.05, 4.69) is 5.32 Å². The molecule has 1 aromatic carbocycles. The predicted octanol–water partition coefficient (Wildman–Crippen LogP) is 5.03. The van der Waals surface area contributed by atoms with Crippen LogP contribution in [-0.2, 0) is 16.6 Å². The van der Waals surface area contributed by atoms with Crippen LogP contribution >= 0.6 is 11.3 Å². The monoisotopic (exact) mass is 428 g/mol. The average Bonchev–Trinajstić information content (AvgIpc) is 3.24. The minimum Gasteiger partial charge on any atom is -0.442 e. The molecule has 1 amide bonds. The number of halogens is 1. The molecule has 1 aliphatic carbocycles. The van der Waals surface area contributed by atoms with Gasteiger partial charge in [0.1, 0.15) is 11.5 Å². The molecular weight excluding hydrogens is 403 g/mol. The summed E-state index contributed by atoms with van der Waals surface area (Å²) < 4.78 is 22.8. The van der Waals surface area contributed by atoms with Gasteiger partial charge in [-0.25, -0.2) is 9.18 Å². The van der Waals surface area contributed by atoms with E-state index in [0.717, 1.165) is 47.2 Å². The number of esters is 1. The quantitative estimate of drug-likeness (QED) is 0.580. The number of ether oxygens (including phenoxy) is 1. The lowest BCUT2D eigenvalue weighted by atomic mass is 9.95. The van der Waals surface area contributed by atoms with Crippen molar-refractivity contribution in [3.05, 3.63) is 58.3 Å². The number of carbonyl (C=O) groups is 2. The number of nitrogens with zero attached hydrogens (tertiary/aromatic N) is 1. The molecule has 0 radical (unpaired) electrons. The van der Waals surface area contributed by atoms with Crippen molar-refractivity contribution < 1.29 is 18.7 Å². The Morgan fingerprint density at radius 2 is 1.93 bits per heavy atom. The van der Waals surface area contributed by atoms with Gasteiger partial charge in [-0.2, -0.15) is 0 Å². The first kappa shape index (κ1) is 20.6. The summed E-state index contributed by atoms with van der Waals surface area (Å²) in [5.74, 6) is -1.70. The standard InChI is InChI=1S/C23H25FN2O3S/c1-14-12-18-20(30-14)13-19(26(18)2)23(28)29-21(16-10-6-7-11-17(16)24)22(27)25-15-8-4-3-5-9-15/h6-7,10-13,15,21H,3-5,8-9H2,1-2H3,(H,25,27)/t21-/m1/s1. The van der Waals surface area contributed by atoms with Crippen molar-refractivity contribution in [1.82, 2.24) is 9.88 Å². The van der Waals surface area contributed by atoms with Gasteiger partial charge in [-0.3, -0.25) is 4.79 Å². The van der Waals surface area contributed by atoms with Gasteiger partial charge in [0.2, 0.25) is 6.10 Å². The summed E-state index contributed by atoms with van der Waals surface area (Å²) in [4.78, 5) is 27.1. The molecule has 158 valence electrons. The van der Waals surface area contributed by atoms with Crippen LogP contribution in [0.25, 0.3) is 10.2 Å². The van der Waals surface area contributed by atoms with E-state index in [1.807, 2.05) is 13.0 Å². The number of fused-ring (bicyclic) bond motifs is 1. The van der Waals surface area contributed by atoms with E-state index in [1.54, 1.807) is 41.2 Å². The first-order valence-electron chi connectivity index (χ1n) is 10.3. The third-order valence-electron chi connectivity index (χ3n) is 5.67. The molecule has 0 unspecified atom stereocenters. The van der Waals surface area contributed by atoms with Crippen molar-refractivity contribution in [3.8, 4) is 0 Å². The van der Waals surface area contributed by atoms with E-state index in [9.17, 15) is 14.0 Å². The van der Waals surface area contributed by atoms with E-state index in [-0.39, 0.29) is 11.6 Å². The first-order valence-corrected chi connectivity index (χ1v) is 11.1. The van der Waals surface area contributed by atoms with Crippen molar-refractivity contribution in [3.63, 3.8) is 0 Å². The fourth-order valence-electron chi connectivity index (χ4n) is 4.07. The largest absolute Gasteiger partial charge is 0.442 e. The van der Waals surface area contributed by atoms with E-state index in [4.69, 9.17) is 4.74 Å². The van der Waals surface area contributed by atoms with Gasteiger partial charge in [0.05, 0.1) is 10.2 Å². The van der Waals surface area contributed by atoms with E-state index >= 15 is 0 Å². The zero-order valence-corrected chi connectivity index (χ0v) is 17.9. The maximum atomic E-state index is 14.5. The van der Waals surface area contributed by atoms with Gasteiger partial charge in [-0.05, 0) is 38.0 Å². The van der Waals surface area contributed by atoms with Crippen molar-refractivity contribution >= 4 is 33.4 Å². The van der Waals surface area contributed by atoms with Crippen LogP contribution in [0.5, 0.6) is 0 Å². The van der Waals surface area contributed by atoms with Crippen molar-refractivity contribution in [1.29, 1.82) is 0 Å². The molecule has 1 atom stereocenters. The van der Waals surface area contributed by atoms with E-state index in [1.165, 1.54) is 12.1 Å². The smallest absolute Gasteiger partial charge is 0.356 e. The minimum absolute atomic E-state index is 0.0302. The van der Waals surface area contributed by atoms with Crippen LogP contribution < -0.4 is 5.32 Å². The molecule has 5 nitrogen and oxygen atoms in total. The Morgan fingerprint density at radius 1 is 1.20 bits per heavy atom. The highest BCUT2D eigenvalue weighted by Crippen LogP contribution is 2.30. The highest BCUT2D eigenvalue weighted by atomic mass is 32.1. The summed E-state index contributed by atoms with van der Waals surface area (Å²) in [5, 5.41) is 2.96. The summed E-state index contributed by atoms with van der Waals surface area (Å²) in [5.41, 5.74) is 1.33. The van der Waals surface area contributed by atoms with Crippen molar-refractivity contribution in [2.45, 2.75) is 51.2 Å². The van der Waals surface area contributed by atoms with Crippen LogP contribution in [0.15, 0.2) is 36.4 Å². The zero-order valence-electron chi connectivity index (χ0n) is 17.1. The number of hydrogen-bond acceptors (Lipinski definition) is 4. The zero-order chi connectivity index (χ0) is 21.3. The molecule has 1 saturated carbocycles. The lowest BCUT2D eigenvalue weighted by Crippen LogP contribution is -2.40. The summed E-state index contributed by atoms with van der Waals surface area (Å²) >= 11 is 1.58. The Balaban J connectivity index is 1.60. The van der Waals surface area contributed by atoms with Gasteiger partial charge in [0.25, 0.3) is 5.91 Å². The van der Waals surface area contributed by atoms with Gasteiger partial charge in [0, 0.05) is 23.5 Å². The molecule has 4 rings (SSSR count). The van der Waals surface area contributed by atoms with Gasteiger partial charge >= 0.3 is 5.97 Å². The molecule has 1 N–H and O–H groups in total. The molecule has 0 saturated heterocycles. The number of carbonyl (C=O) groups excluding carboxylic acids is 2. The molecule has 3 aromatic rings.